The SMILES string of the molecule is C=CCN1C(=O)c2oc3cc(C)c(Cl)cc3c(=O)c2C1c1cccc(Cl)c1. The van der Waals surface area contributed by atoms with Gasteiger partial charge in [0.15, 0.2) is 5.43 Å². The number of fused-ring (bicyclic) bond motifs is 2. The minimum atomic E-state index is -0.593. The molecule has 0 saturated carbocycles. The second kappa shape index (κ2) is 6.55. The highest BCUT2D eigenvalue weighted by molar-refractivity contribution is 6.32. The second-order valence-corrected chi connectivity index (χ2v) is 7.32. The lowest BCUT2D eigenvalue weighted by Gasteiger charge is -2.23. The van der Waals surface area contributed by atoms with Crippen LogP contribution in [-0.4, -0.2) is 17.4 Å². The Labute approximate surface area is 165 Å². The standard InChI is InChI=1S/C21H15Cl2NO3/c1-3-7-24-18(12-5-4-6-13(22)9-12)17-19(25)14-10-15(23)11(2)8-16(14)27-20(17)21(24)26/h3-6,8-10,18H,1,7H2,2H3. The molecule has 3 aromatic rings. The smallest absolute Gasteiger partial charge is 0.291 e. The summed E-state index contributed by atoms with van der Waals surface area (Å²) < 4.78 is 5.87. The number of benzene rings is 2. The third-order valence-electron chi connectivity index (χ3n) is 4.74. The molecular weight excluding hydrogens is 385 g/mol. The van der Waals surface area contributed by atoms with Gasteiger partial charge in [0.1, 0.15) is 5.58 Å². The van der Waals surface area contributed by atoms with Crippen LogP contribution in [0.3, 0.4) is 0 Å². The van der Waals surface area contributed by atoms with E-state index in [0.29, 0.717) is 26.6 Å². The van der Waals surface area contributed by atoms with Gasteiger partial charge in [0.05, 0.1) is 17.0 Å². The zero-order valence-electron chi connectivity index (χ0n) is 14.5. The highest BCUT2D eigenvalue weighted by Gasteiger charge is 2.42. The molecule has 0 saturated heterocycles. The molecule has 136 valence electrons. The Morgan fingerprint density at radius 1 is 1.22 bits per heavy atom. The van der Waals surface area contributed by atoms with Crippen molar-refractivity contribution < 1.29 is 9.21 Å². The molecule has 1 unspecified atom stereocenters. The Kier molecular flexibility index (Phi) is 4.33. The molecule has 2 heterocycles. The van der Waals surface area contributed by atoms with E-state index in [2.05, 4.69) is 6.58 Å². The van der Waals surface area contributed by atoms with Crippen molar-refractivity contribution in [2.24, 2.45) is 0 Å². The van der Waals surface area contributed by atoms with Gasteiger partial charge in [-0.25, -0.2) is 0 Å². The van der Waals surface area contributed by atoms with Crippen LogP contribution in [0, 0.1) is 6.92 Å². The number of hydrogen-bond acceptors (Lipinski definition) is 3. The van der Waals surface area contributed by atoms with Crippen LogP contribution in [0.5, 0.6) is 0 Å². The molecule has 1 aliphatic heterocycles. The van der Waals surface area contributed by atoms with E-state index in [4.69, 9.17) is 27.6 Å². The Balaban J connectivity index is 2.05. The van der Waals surface area contributed by atoms with Crippen molar-refractivity contribution in [3.8, 4) is 0 Å². The van der Waals surface area contributed by atoms with E-state index in [1.807, 2.05) is 13.0 Å². The number of rotatable bonds is 3. The first-order valence-electron chi connectivity index (χ1n) is 8.36. The fourth-order valence-corrected chi connectivity index (χ4v) is 3.85. The maximum atomic E-state index is 13.3. The molecule has 0 fully saturated rings. The van der Waals surface area contributed by atoms with Gasteiger partial charge in [-0.05, 0) is 42.3 Å². The Morgan fingerprint density at radius 2 is 2.00 bits per heavy atom. The van der Waals surface area contributed by atoms with Gasteiger partial charge in [-0.3, -0.25) is 9.59 Å². The molecule has 0 aliphatic carbocycles. The van der Waals surface area contributed by atoms with E-state index in [1.54, 1.807) is 41.3 Å². The summed E-state index contributed by atoms with van der Waals surface area (Å²) in [7, 11) is 0. The van der Waals surface area contributed by atoms with Gasteiger partial charge in [-0.1, -0.05) is 41.4 Å². The molecule has 0 spiro atoms. The molecule has 1 amide bonds. The van der Waals surface area contributed by atoms with Crippen LogP contribution in [0.25, 0.3) is 11.0 Å². The third kappa shape index (κ3) is 2.76. The summed E-state index contributed by atoms with van der Waals surface area (Å²) in [5, 5.41) is 1.35. The van der Waals surface area contributed by atoms with E-state index in [-0.39, 0.29) is 23.6 Å². The Bertz CT molecular complexity index is 1170. The number of nitrogens with zero attached hydrogens (tertiary/aromatic N) is 1. The predicted octanol–water partition coefficient (Wildman–Crippen LogP) is 5.14. The number of carbonyl (C=O) groups is 1. The Morgan fingerprint density at radius 3 is 2.70 bits per heavy atom. The van der Waals surface area contributed by atoms with Gasteiger partial charge >= 0.3 is 0 Å². The Hall–Kier alpha value is -2.56. The van der Waals surface area contributed by atoms with Crippen molar-refractivity contribution in [2.45, 2.75) is 13.0 Å². The van der Waals surface area contributed by atoms with Crippen LogP contribution in [0.1, 0.15) is 33.3 Å². The molecule has 2 aromatic carbocycles. The molecule has 1 aliphatic rings. The molecule has 4 nitrogen and oxygen atoms in total. The van der Waals surface area contributed by atoms with Gasteiger partial charge in [0, 0.05) is 16.6 Å². The zero-order valence-corrected chi connectivity index (χ0v) is 16.0. The summed E-state index contributed by atoms with van der Waals surface area (Å²) in [5.41, 5.74) is 1.89. The third-order valence-corrected chi connectivity index (χ3v) is 5.38. The summed E-state index contributed by atoms with van der Waals surface area (Å²) in [4.78, 5) is 27.8. The molecule has 4 rings (SSSR count). The normalized spacial score (nSPS) is 16.0. The zero-order chi connectivity index (χ0) is 19.3. The highest BCUT2D eigenvalue weighted by atomic mass is 35.5. The van der Waals surface area contributed by atoms with Crippen molar-refractivity contribution in [1.82, 2.24) is 4.90 Å². The number of carbonyl (C=O) groups excluding carboxylic acids is 1. The van der Waals surface area contributed by atoms with Crippen molar-refractivity contribution >= 4 is 40.1 Å². The molecule has 27 heavy (non-hydrogen) atoms. The second-order valence-electron chi connectivity index (χ2n) is 6.48. The predicted molar refractivity (Wildman–Crippen MR) is 107 cm³/mol. The number of amides is 1. The van der Waals surface area contributed by atoms with E-state index < -0.39 is 6.04 Å². The molecule has 1 aromatic heterocycles. The lowest BCUT2D eigenvalue weighted by Crippen LogP contribution is -2.29. The van der Waals surface area contributed by atoms with E-state index >= 15 is 0 Å². The van der Waals surface area contributed by atoms with E-state index in [1.165, 1.54) is 0 Å². The summed E-state index contributed by atoms with van der Waals surface area (Å²) in [6.07, 6.45) is 1.62. The van der Waals surface area contributed by atoms with Crippen LogP contribution in [0.15, 0.2) is 58.3 Å². The average molecular weight is 400 g/mol. The molecule has 0 bridgehead atoms. The van der Waals surface area contributed by atoms with Crippen molar-refractivity contribution in [3.63, 3.8) is 0 Å². The fraction of sp³-hybridized carbons (Fsp3) is 0.143. The number of hydrogen-bond donors (Lipinski definition) is 0. The van der Waals surface area contributed by atoms with Gasteiger partial charge in [-0.2, -0.15) is 0 Å². The fourth-order valence-electron chi connectivity index (χ4n) is 3.49. The monoisotopic (exact) mass is 399 g/mol. The summed E-state index contributed by atoms with van der Waals surface area (Å²) in [6.45, 7) is 5.81. The number of aryl methyl sites for hydroxylation is 1. The van der Waals surface area contributed by atoms with Crippen molar-refractivity contribution in [3.05, 3.63) is 91.8 Å². The first-order valence-corrected chi connectivity index (χ1v) is 9.12. The molecule has 0 radical (unpaired) electrons. The maximum absolute atomic E-state index is 13.3. The van der Waals surface area contributed by atoms with E-state index in [0.717, 1.165) is 11.1 Å². The summed E-state index contributed by atoms with van der Waals surface area (Å²) >= 11 is 12.3. The van der Waals surface area contributed by atoms with Crippen LogP contribution < -0.4 is 5.43 Å². The van der Waals surface area contributed by atoms with Gasteiger partial charge in [-0.15, -0.1) is 6.58 Å². The van der Waals surface area contributed by atoms with Crippen molar-refractivity contribution in [2.75, 3.05) is 6.54 Å². The minimum absolute atomic E-state index is 0.0565. The molecule has 0 N–H and O–H groups in total. The van der Waals surface area contributed by atoms with Crippen molar-refractivity contribution in [1.29, 1.82) is 0 Å². The number of halogens is 2. The van der Waals surface area contributed by atoms with Crippen LogP contribution >= 0.6 is 23.2 Å². The van der Waals surface area contributed by atoms with Crippen LogP contribution in [0.4, 0.5) is 0 Å². The lowest BCUT2D eigenvalue weighted by atomic mass is 9.98. The largest absolute Gasteiger partial charge is 0.450 e. The van der Waals surface area contributed by atoms with Gasteiger partial charge < -0.3 is 9.32 Å². The lowest BCUT2D eigenvalue weighted by molar-refractivity contribution is 0.0748. The first-order chi connectivity index (χ1) is 12.9. The van der Waals surface area contributed by atoms with Gasteiger partial charge in [0.2, 0.25) is 5.76 Å². The molecule has 1 atom stereocenters. The maximum Gasteiger partial charge on any atom is 0.291 e. The molecular formula is C21H15Cl2NO3. The topological polar surface area (TPSA) is 50.5 Å². The van der Waals surface area contributed by atoms with Gasteiger partial charge in [0.25, 0.3) is 5.91 Å². The first kappa shape index (κ1) is 17.8. The average Bonchev–Trinajstić information content (AvgIpc) is 2.90. The highest BCUT2D eigenvalue weighted by Crippen LogP contribution is 2.39. The van der Waals surface area contributed by atoms with E-state index in [9.17, 15) is 9.59 Å². The molecule has 6 heteroatoms. The van der Waals surface area contributed by atoms with Crippen LogP contribution in [0.2, 0.25) is 10.0 Å². The summed E-state index contributed by atoms with van der Waals surface area (Å²) in [6, 6.07) is 9.79. The summed E-state index contributed by atoms with van der Waals surface area (Å²) in [5.74, 6) is -0.289. The quantitative estimate of drug-likeness (QED) is 0.572. The van der Waals surface area contributed by atoms with Crippen LogP contribution in [-0.2, 0) is 0 Å². The minimum Gasteiger partial charge on any atom is -0.450 e.